The minimum absolute atomic E-state index is 0.0506. The second kappa shape index (κ2) is 11.0. The summed E-state index contributed by atoms with van der Waals surface area (Å²) in [7, 11) is -3.86. The summed E-state index contributed by atoms with van der Waals surface area (Å²) in [4.78, 5) is 27.4. The molecule has 0 aliphatic rings. The number of carbonyl (C=O) groups excluding carboxylic acids is 2. The highest BCUT2D eigenvalue weighted by atomic mass is 32.2. The molecule has 10 heteroatoms. The van der Waals surface area contributed by atoms with Crippen LogP contribution in [0.4, 0.5) is 4.39 Å². The Balaban J connectivity index is 1.61. The number of amides is 2. The van der Waals surface area contributed by atoms with Gasteiger partial charge in [0.1, 0.15) is 5.82 Å². The van der Waals surface area contributed by atoms with Crippen molar-refractivity contribution in [3.63, 3.8) is 0 Å². The number of hydrogen-bond donors (Lipinski definition) is 2. The van der Waals surface area contributed by atoms with E-state index in [1.807, 2.05) is 17.5 Å². The van der Waals surface area contributed by atoms with Gasteiger partial charge < -0.3 is 10.2 Å². The molecule has 32 heavy (non-hydrogen) atoms. The van der Waals surface area contributed by atoms with Crippen molar-refractivity contribution in [1.29, 1.82) is 0 Å². The Hall–Kier alpha value is -3.08. The number of hydrogen-bond acceptors (Lipinski definition) is 5. The molecular formula is C22H22FN3O4S2. The third-order valence-electron chi connectivity index (χ3n) is 4.48. The predicted octanol–water partition coefficient (Wildman–Crippen LogP) is 2.51. The van der Waals surface area contributed by atoms with Crippen molar-refractivity contribution in [2.45, 2.75) is 18.0 Å². The SMILES string of the molecule is O=C(CN(Cc1cccs1)C(=O)CNS(=O)(=O)c1ccccc1)NCc1ccc(F)cc1. The van der Waals surface area contributed by atoms with Gasteiger partial charge in [0.05, 0.1) is 24.5 Å². The molecule has 0 atom stereocenters. The van der Waals surface area contributed by atoms with Crippen molar-refractivity contribution in [2.24, 2.45) is 0 Å². The quantitative estimate of drug-likeness (QED) is 0.471. The number of rotatable bonds is 10. The molecule has 2 N–H and O–H groups in total. The van der Waals surface area contributed by atoms with Crippen LogP contribution >= 0.6 is 11.3 Å². The van der Waals surface area contributed by atoms with Gasteiger partial charge >= 0.3 is 0 Å². The van der Waals surface area contributed by atoms with Crippen LogP contribution in [-0.4, -0.2) is 38.2 Å². The predicted molar refractivity (Wildman–Crippen MR) is 120 cm³/mol. The van der Waals surface area contributed by atoms with Gasteiger partial charge in [-0.05, 0) is 41.3 Å². The van der Waals surface area contributed by atoms with E-state index in [2.05, 4.69) is 10.0 Å². The Morgan fingerprint density at radius 2 is 1.69 bits per heavy atom. The second-order valence-corrected chi connectivity index (χ2v) is 9.67. The maximum atomic E-state index is 13.0. The molecule has 0 fully saturated rings. The Kier molecular flexibility index (Phi) is 8.09. The molecule has 3 rings (SSSR count). The van der Waals surface area contributed by atoms with E-state index in [0.717, 1.165) is 4.88 Å². The zero-order chi connectivity index (χ0) is 23.0. The number of nitrogens with one attached hydrogen (secondary N) is 2. The molecule has 0 saturated carbocycles. The Morgan fingerprint density at radius 3 is 2.34 bits per heavy atom. The lowest BCUT2D eigenvalue weighted by Gasteiger charge is -2.22. The highest BCUT2D eigenvalue weighted by Crippen LogP contribution is 2.13. The molecule has 0 radical (unpaired) electrons. The summed E-state index contributed by atoms with van der Waals surface area (Å²) in [6.07, 6.45) is 0. The van der Waals surface area contributed by atoms with Crippen molar-refractivity contribution in [2.75, 3.05) is 13.1 Å². The van der Waals surface area contributed by atoms with Crippen LogP contribution in [0.1, 0.15) is 10.4 Å². The number of benzene rings is 2. The average molecular weight is 476 g/mol. The monoisotopic (exact) mass is 475 g/mol. The van der Waals surface area contributed by atoms with E-state index < -0.39 is 28.4 Å². The zero-order valence-electron chi connectivity index (χ0n) is 17.0. The molecule has 0 saturated heterocycles. The fourth-order valence-corrected chi connectivity index (χ4v) is 4.52. The van der Waals surface area contributed by atoms with E-state index in [9.17, 15) is 22.4 Å². The molecule has 0 aliphatic heterocycles. The van der Waals surface area contributed by atoms with Gasteiger partial charge in [0.15, 0.2) is 0 Å². The standard InChI is InChI=1S/C22H22FN3O4S2/c23-18-10-8-17(9-11-18)13-24-21(27)16-26(15-19-5-4-12-31-19)22(28)14-25-32(29,30)20-6-2-1-3-7-20/h1-12,25H,13-16H2,(H,24,27). The molecule has 2 amide bonds. The lowest BCUT2D eigenvalue weighted by Crippen LogP contribution is -2.44. The lowest BCUT2D eigenvalue weighted by molar-refractivity contribution is -0.135. The van der Waals surface area contributed by atoms with Gasteiger partial charge in [0.2, 0.25) is 21.8 Å². The first kappa shape index (κ1) is 23.6. The van der Waals surface area contributed by atoms with Crippen molar-refractivity contribution < 1.29 is 22.4 Å². The first-order valence-corrected chi connectivity index (χ1v) is 12.1. The molecule has 2 aromatic carbocycles. The number of halogens is 1. The smallest absolute Gasteiger partial charge is 0.241 e. The van der Waals surface area contributed by atoms with E-state index in [1.54, 1.807) is 30.3 Å². The van der Waals surface area contributed by atoms with Gasteiger partial charge in [-0.2, -0.15) is 0 Å². The van der Waals surface area contributed by atoms with E-state index in [1.165, 1.54) is 40.5 Å². The Morgan fingerprint density at radius 1 is 0.969 bits per heavy atom. The molecule has 3 aromatic rings. The van der Waals surface area contributed by atoms with E-state index in [0.29, 0.717) is 5.56 Å². The largest absolute Gasteiger partial charge is 0.350 e. The normalized spacial score (nSPS) is 11.2. The molecule has 0 aliphatic carbocycles. The van der Waals surface area contributed by atoms with Crippen molar-refractivity contribution in [3.8, 4) is 0 Å². The molecule has 1 heterocycles. The Bertz CT molecular complexity index is 1140. The maximum Gasteiger partial charge on any atom is 0.241 e. The van der Waals surface area contributed by atoms with Crippen LogP contribution in [0.2, 0.25) is 0 Å². The molecule has 168 valence electrons. The number of sulfonamides is 1. The molecule has 1 aromatic heterocycles. The van der Waals surface area contributed by atoms with Gasteiger partial charge in [0.25, 0.3) is 0 Å². The van der Waals surface area contributed by atoms with Crippen LogP contribution < -0.4 is 10.0 Å². The average Bonchev–Trinajstić information content (AvgIpc) is 3.30. The minimum Gasteiger partial charge on any atom is -0.350 e. The highest BCUT2D eigenvalue weighted by molar-refractivity contribution is 7.89. The van der Waals surface area contributed by atoms with E-state index >= 15 is 0 Å². The first-order valence-electron chi connectivity index (χ1n) is 9.69. The fourth-order valence-electron chi connectivity index (χ4n) is 2.81. The summed E-state index contributed by atoms with van der Waals surface area (Å²) < 4.78 is 40.1. The highest BCUT2D eigenvalue weighted by Gasteiger charge is 2.21. The van der Waals surface area contributed by atoms with Gasteiger partial charge in [-0.25, -0.2) is 17.5 Å². The van der Waals surface area contributed by atoms with Crippen LogP contribution in [0, 0.1) is 5.82 Å². The molecule has 0 bridgehead atoms. The van der Waals surface area contributed by atoms with Crippen LogP contribution in [0.5, 0.6) is 0 Å². The van der Waals surface area contributed by atoms with Crippen molar-refractivity contribution in [1.82, 2.24) is 14.9 Å². The second-order valence-electron chi connectivity index (χ2n) is 6.87. The van der Waals surface area contributed by atoms with E-state index in [-0.39, 0.29) is 30.3 Å². The number of nitrogens with zero attached hydrogens (tertiary/aromatic N) is 1. The third kappa shape index (κ3) is 6.98. The minimum atomic E-state index is -3.86. The van der Waals surface area contributed by atoms with Crippen LogP contribution in [0.25, 0.3) is 0 Å². The molecule has 7 nitrogen and oxygen atoms in total. The number of carbonyl (C=O) groups is 2. The third-order valence-corrected chi connectivity index (χ3v) is 6.76. The van der Waals surface area contributed by atoms with Crippen LogP contribution in [0.15, 0.2) is 77.0 Å². The lowest BCUT2D eigenvalue weighted by atomic mass is 10.2. The fraction of sp³-hybridized carbons (Fsp3) is 0.182. The topological polar surface area (TPSA) is 95.6 Å². The van der Waals surface area contributed by atoms with Gasteiger partial charge in [0, 0.05) is 11.4 Å². The van der Waals surface area contributed by atoms with Gasteiger partial charge in [-0.1, -0.05) is 36.4 Å². The maximum absolute atomic E-state index is 13.0. The van der Waals surface area contributed by atoms with Crippen molar-refractivity contribution in [3.05, 3.63) is 88.4 Å². The van der Waals surface area contributed by atoms with Crippen LogP contribution in [0.3, 0.4) is 0 Å². The summed E-state index contributed by atoms with van der Waals surface area (Å²) in [6.45, 7) is -0.368. The molecule has 0 spiro atoms. The van der Waals surface area contributed by atoms with Gasteiger partial charge in [-0.15, -0.1) is 11.3 Å². The Labute approximate surface area is 189 Å². The molecule has 0 unspecified atom stereocenters. The summed E-state index contributed by atoms with van der Waals surface area (Å²) in [5.41, 5.74) is 0.714. The zero-order valence-corrected chi connectivity index (χ0v) is 18.7. The summed E-state index contributed by atoms with van der Waals surface area (Å²) in [6, 6.07) is 17.1. The molecular weight excluding hydrogens is 453 g/mol. The summed E-state index contributed by atoms with van der Waals surface area (Å²) in [5.74, 6) is -1.31. The summed E-state index contributed by atoms with van der Waals surface area (Å²) >= 11 is 1.43. The first-order chi connectivity index (χ1) is 15.3. The number of thiophene rings is 1. The van der Waals surface area contributed by atoms with E-state index in [4.69, 9.17) is 0 Å². The van der Waals surface area contributed by atoms with Gasteiger partial charge in [-0.3, -0.25) is 9.59 Å². The van der Waals surface area contributed by atoms with Crippen LogP contribution in [-0.2, 0) is 32.7 Å². The van der Waals surface area contributed by atoms with Crippen molar-refractivity contribution >= 4 is 33.2 Å². The summed E-state index contributed by atoms with van der Waals surface area (Å²) in [5, 5.41) is 4.54.